The van der Waals surface area contributed by atoms with Crippen LogP contribution in [0.25, 0.3) is 6.08 Å². The topological polar surface area (TPSA) is 60.7 Å². The molecule has 0 heterocycles. The summed E-state index contributed by atoms with van der Waals surface area (Å²) in [6.45, 7) is 1.81. The quantitative estimate of drug-likeness (QED) is 0.145. The zero-order chi connectivity index (χ0) is 22.6. The highest BCUT2D eigenvalue weighted by Gasteiger charge is 2.30. The van der Waals surface area contributed by atoms with Gasteiger partial charge in [0, 0.05) is 0 Å². The Labute approximate surface area is 191 Å². The Bertz CT molecular complexity index is 555. The fourth-order valence-corrected chi connectivity index (χ4v) is 4.10. The summed E-state index contributed by atoms with van der Waals surface area (Å²) >= 11 is 0. The van der Waals surface area contributed by atoms with Crippen LogP contribution in [0.1, 0.15) is 122 Å². The number of unbranched alkanes of at least 4 members (excludes halogenated alkanes) is 15. The van der Waals surface area contributed by atoms with Gasteiger partial charge in [-0.15, -0.1) is 0 Å². The predicted octanol–water partition coefficient (Wildman–Crippen LogP) is 7.96. The van der Waals surface area contributed by atoms with E-state index in [1.54, 1.807) is 6.08 Å². The maximum atomic E-state index is 10.6. The number of benzene rings is 1. The lowest BCUT2D eigenvalue weighted by Crippen LogP contribution is -2.35. The smallest absolute Gasteiger partial charge is 0.144 e. The molecule has 0 radical (unpaired) electrons. The van der Waals surface area contributed by atoms with Crippen LogP contribution in [-0.2, 0) is 0 Å². The lowest BCUT2D eigenvalue weighted by molar-refractivity contribution is -0.0207. The van der Waals surface area contributed by atoms with Crippen LogP contribution in [0.15, 0.2) is 36.1 Å². The molecule has 0 saturated carbocycles. The molecule has 3 N–H and O–H groups in total. The largest absolute Gasteiger partial charge is 0.509 e. The van der Waals surface area contributed by atoms with Gasteiger partial charge in [0.05, 0.1) is 6.61 Å². The molecule has 1 unspecified atom stereocenters. The fourth-order valence-electron chi connectivity index (χ4n) is 4.10. The summed E-state index contributed by atoms with van der Waals surface area (Å²) in [5.41, 5.74) is -0.717. The van der Waals surface area contributed by atoms with Crippen LogP contribution in [0, 0.1) is 0 Å². The maximum Gasteiger partial charge on any atom is 0.144 e. The van der Waals surface area contributed by atoms with Crippen molar-refractivity contribution in [2.45, 2.75) is 122 Å². The second-order valence-corrected chi connectivity index (χ2v) is 9.18. The van der Waals surface area contributed by atoms with E-state index in [0.717, 1.165) is 24.8 Å². The molecule has 0 bridgehead atoms. The average Bonchev–Trinajstić information content (AvgIpc) is 2.79. The van der Waals surface area contributed by atoms with Gasteiger partial charge in [-0.3, -0.25) is 0 Å². The number of aliphatic hydroxyl groups excluding tert-OH is 2. The van der Waals surface area contributed by atoms with E-state index in [1.165, 1.54) is 83.5 Å². The molecule has 1 aromatic rings. The highest BCUT2D eigenvalue weighted by molar-refractivity contribution is 5.52. The van der Waals surface area contributed by atoms with Crippen LogP contribution in [0.3, 0.4) is 0 Å². The Balaban J connectivity index is 2.00. The van der Waals surface area contributed by atoms with Crippen molar-refractivity contribution in [3.05, 3.63) is 41.7 Å². The van der Waals surface area contributed by atoms with E-state index in [1.807, 2.05) is 30.3 Å². The average molecular weight is 433 g/mol. The van der Waals surface area contributed by atoms with E-state index >= 15 is 0 Å². The third-order valence-electron chi connectivity index (χ3n) is 6.29. The molecule has 0 aliphatic rings. The molecule has 0 amide bonds. The molecular weight excluding hydrogens is 384 g/mol. The highest BCUT2D eigenvalue weighted by Crippen LogP contribution is 2.24. The van der Waals surface area contributed by atoms with Crippen molar-refractivity contribution in [2.24, 2.45) is 0 Å². The van der Waals surface area contributed by atoms with E-state index in [9.17, 15) is 15.3 Å². The maximum absolute atomic E-state index is 10.6. The first kappa shape index (κ1) is 27.7. The van der Waals surface area contributed by atoms with Gasteiger partial charge in [-0.2, -0.15) is 0 Å². The van der Waals surface area contributed by atoms with Crippen LogP contribution in [0.2, 0.25) is 0 Å². The first-order chi connectivity index (χ1) is 15.1. The van der Waals surface area contributed by atoms with Gasteiger partial charge < -0.3 is 15.3 Å². The molecule has 31 heavy (non-hydrogen) atoms. The van der Waals surface area contributed by atoms with E-state index in [0.29, 0.717) is 6.42 Å². The summed E-state index contributed by atoms with van der Waals surface area (Å²) in [6.07, 6.45) is 22.7. The zero-order valence-corrected chi connectivity index (χ0v) is 20.0. The molecule has 178 valence electrons. The molecule has 0 fully saturated rings. The van der Waals surface area contributed by atoms with Gasteiger partial charge in [0.15, 0.2) is 0 Å². The van der Waals surface area contributed by atoms with Crippen LogP contribution in [0.5, 0.6) is 0 Å². The zero-order valence-electron chi connectivity index (χ0n) is 20.0. The van der Waals surface area contributed by atoms with Crippen molar-refractivity contribution in [1.29, 1.82) is 0 Å². The van der Waals surface area contributed by atoms with Crippen LogP contribution in [-0.4, -0.2) is 27.5 Å². The van der Waals surface area contributed by atoms with Gasteiger partial charge in [0.25, 0.3) is 0 Å². The molecule has 0 spiro atoms. The second kappa shape index (κ2) is 18.3. The number of hydrogen-bond donors (Lipinski definition) is 3. The van der Waals surface area contributed by atoms with E-state index in [4.69, 9.17) is 0 Å². The molecule has 0 aliphatic heterocycles. The van der Waals surface area contributed by atoms with Crippen molar-refractivity contribution >= 4 is 6.08 Å². The molecule has 0 aliphatic carbocycles. The second-order valence-electron chi connectivity index (χ2n) is 9.18. The van der Waals surface area contributed by atoms with Crippen molar-refractivity contribution in [3.8, 4) is 0 Å². The lowest BCUT2D eigenvalue weighted by Gasteiger charge is -2.25. The summed E-state index contributed by atoms with van der Waals surface area (Å²) in [4.78, 5) is 0. The van der Waals surface area contributed by atoms with Gasteiger partial charge in [-0.25, -0.2) is 0 Å². The third-order valence-corrected chi connectivity index (χ3v) is 6.29. The Morgan fingerprint density at radius 3 is 1.55 bits per heavy atom. The summed E-state index contributed by atoms with van der Waals surface area (Å²) < 4.78 is 0. The molecule has 3 nitrogen and oxygen atoms in total. The Kier molecular flexibility index (Phi) is 16.3. The Morgan fingerprint density at radius 2 is 1.13 bits per heavy atom. The Morgan fingerprint density at radius 1 is 0.710 bits per heavy atom. The van der Waals surface area contributed by atoms with E-state index < -0.39 is 12.2 Å². The lowest BCUT2D eigenvalue weighted by atomic mass is 9.93. The van der Waals surface area contributed by atoms with Crippen LogP contribution < -0.4 is 0 Å². The van der Waals surface area contributed by atoms with Gasteiger partial charge in [-0.1, -0.05) is 140 Å². The number of hydrogen-bond acceptors (Lipinski definition) is 3. The molecule has 3 heteroatoms. The van der Waals surface area contributed by atoms with Gasteiger partial charge in [0.1, 0.15) is 11.4 Å². The van der Waals surface area contributed by atoms with Gasteiger partial charge >= 0.3 is 0 Å². The predicted molar refractivity (Wildman–Crippen MR) is 133 cm³/mol. The summed E-state index contributed by atoms with van der Waals surface area (Å²) in [6, 6.07) is 9.40. The molecule has 1 atom stereocenters. The SMILES string of the molecule is CCCCCCCCCCCCCCCCCCC(O)(CO)C(O)=Cc1ccccc1. The monoisotopic (exact) mass is 432 g/mol. The molecule has 1 aromatic carbocycles. The number of aliphatic hydroxyl groups is 3. The van der Waals surface area contributed by atoms with Crippen molar-refractivity contribution in [1.82, 2.24) is 0 Å². The summed E-state index contributed by atoms with van der Waals surface area (Å²) in [5, 5.41) is 30.5. The molecular formula is C28H48O3. The highest BCUT2D eigenvalue weighted by atomic mass is 16.4. The van der Waals surface area contributed by atoms with Crippen molar-refractivity contribution < 1.29 is 15.3 Å². The first-order valence-corrected chi connectivity index (χ1v) is 12.9. The van der Waals surface area contributed by atoms with Gasteiger partial charge in [-0.05, 0) is 18.1 Å². The van der Waals surface area contributed by atoms with Crippen molar-refractivity contribution in [2.75, 3.05) is 6.61 Å². The minimum absolute atomic E-state index is 0.151. The normalized spacial score (nSPS) is 14.0. The minimum Gasteiger partial charge on any atom is -0.509 e. The van der Waals surface area contributed by atoms with Crippen LogP contribution in [0.4, 0.5) is 0 Å². The van der Waals surface area contributed by atoms with E-state index in [-0.39, 0.29) is 5.76 Å². The van der Waals surface area contributed by atoms with Crippen LogP contribution >= 0.6 is 0 Å². The summed E-state index contributed by atoms with van der Waals surface area (Å²) in [7, 11) is 0. The standard InChI is InChI=1S/C28H48O3/c1-2-3-4-5-6-7-8-9-10-11-12-13-14-15-16-20-23-28(31,25-29)27(30)24-26-21-18-17-19-22-26/h17-19,21-22,24,29-31H,2-16,20,23,25H2,1H3. The number of rotatable bonds is 20. The van der Waals surface area contributed by atoms with Crippen molar-refractivity contribution in [3.63, 3.8) is 0 Å². The fraction of sp³-hybridized carbons (Fsp3) is 0.714. The summed E-state index contributed by atoms with van der Waals surface area (Å²) in [5.74, 6) is -0.151. The Hall–Kier alpha value is -1.32. The molecule has 0 saturated heterocycles. The third kappa shape index (κ3) is 13.6. The first-order valence-electron chi connectivity index (χ1n) is 12.9. The van der Waals surface area contributed by atoms with E-state index in [2.05, 4.69) is 6.92 Å². The molecule has 0 aromatic heterocycles. The molecule has 1 rings (SSSR count). The van der Waals surface area contributed by atoms with Gasteiger partial charge in [0.2, 0.25) is 0 Å². The minimum atomic E-state index is -1.54.